The minimum atomic E-state index is -0.250. The van der Waals surface area contributed by atoms with E-state index in [4.69, 9.17) is 21.7 Å². The van der Waals surface area contributed by atoms with Gasteiger partial charge in [-0.3, -0.25) is 4.90 Å². The van der Waals surface area contributed by atoms with Crippen molar-refractivity contribution in [1.29, 1.82) is 0 Å². The summed E-state index contributed by atoms with van der Waals surface area (Å²) in [6.45, 7) is 2.38. The van der Waals surface area contributed by atoms with Crippen LogP contribution in [-0.4, -0.2) is 26.3 Å². The molecular formula is C23H23FN4OS. The molecule has 2 heterocycles. The summed E-state index contributed by atoms with van der Waals surface area (Å²) in [5.41, 5.74) is 3.03. The third-order valence-electron chi connectivity index (χ3n) is 5.24. The van der Waals surface area contributed by atoms with Crippen molar-refractivity contribution in [3.05, 3.63) is 94.4 Å². The molecule has 2 aromatic heterocycles. The van der Waals surface area contributed by atoms with Gasteiger partial charge in [0.25, 0.3) is 0 Å². The molecule has 0 saturated heterocycles. The molecule has 4 aromatic rings. The van der Waals surface area contributed by atoms with Gasteiger partial charge in [-0.15, -0.1) is 0 Å². The average Bonchev–Trinajstić information content (AvgIpc) is 3.28. The summed E-state index contributed by atoms with van der Waals surface area (Å²) in [5, 5.41) is 4.75. The van der Waals surface area contributed by atoms with Crippen molar-refractivity contribution in [2.45, 2.75) is 19.6 Å². The van der Waals surface area contributed by atoms with E-state index in [-0.39, 0.29) is 11.9 Å². The number of halogens is 1. The fraction of sp³-hybridized carbons (Fsp3) is 0.217. The first kappa shape index (κ1) is 20.3. The van der Waals surface area contributed by atoms with Gasteiger partial charge in [0.1, 0.15) is 11.6 Å². The normalized spacial score (nSPS) is 12.4. The monoisotopic (exact) mass is 422 g/mol. The number of benzene rings is 2. The lowest BCUT2D eigenvalue weighted by Gasteiger charge is -2.28. The van der Waals surface area contributed by atoms with Gasteiger partial charge in [-0.25, -0.2) is 9.07 Å². The molecule has 0 aliphatic rings. The van der Waals surface area contributed by atoms with Crippen LogP contribution in [0.25, 0.3) is 11.4 Å². The lowest BCUT2D eigenvalue weighted by molar-refractivity contribution is 0.208. The van der Waals surface area contributed by atoms with Gasteiger partial charge in [-0.2, -0.15) is 5.10 Å². The van der Waals surface area contributed by atoms with E-state index in [1.165, 1.54) is 12.1 Å². The Balaban J connectivity index is 1.70. The molecule has 154 valence electrons. The van der Waals surface area contributed by atoms with Gasteiger partial charge < -0.3 is 8.98 Å². The zero-order valence-corrected chi connectivity index (χ0v) is 17.9. The smallest absolute Gasteiger partial charge is 0.199 e. The van der Waals surface area contributed by atoms with E-state index in [0.29, 0.717) is 11.4 Å². The standard InChI is InChI=1S/C23H23FN4OS/c1-16-20(13-14-29-16)22-25-28(23(30)27(22)3)15-26(2)21(17-7-5-4-6-8-17)18-9-11-19(24)12-10-18/h4-14,21H,15H2,1-3H3/t21-/m0/s1. The van der Waals surface area contributed by atoms with E-state index in [9.17, 15) is 4.39 Å². The molecule has 0 N–H and O–H groups in total. The van der Waals surface area contributed by atoms with Crippen molar-refractivity contribution in [2.24, 2.45) is 7.05 Å². The van der Waals surface area contributed by atoms with Crippen molar-refractivity contribution in [2.75, 3.05) is 7.05 Å². The summed E-state index contributed by atoms with van der Waals surface area (Å²) in [6, 6.07) is 18.6. The Labute approximate surface area is 180 Å². The SMILES string of the molecule is Cc1occc1-c1nn(CN(C)[C@@H](c2ccccc2)c2ccc(F)cc2)c(=S)n1C. The van der Waals surface area contributed by atoms with E-state index >= 15 is 0 Å². The number of furan rings is 1. The molecule has 7 heteroatoms. The van der Waals surface area contributed by atoms with Crippen molar-refractivity contribution >= 4 is 12.2 Å². The fourth-order valence-corrected chi connectivity index (χ4v) is 3.89. The number of hydrogen-bond acceptors (Lipinski definition) is 4. The molecule has 5 nitrogen and oxygen atoms in total. The molecule has 2 aromatic carbocycles. The van der Waals surface area contributed by atoms with Crippen LogP contribution in [0.5, 0.6) is 0 Å². The highest BCUT2D eigenvalue weighted by molar-refractivity contribution is 7.71. The molecule has 0 amide bonds. The van der Waals surface area contributed by atoms with Gasteiger partial charge in [0.05, 0.1) is 24.5 Å². The van der Waals surface area contributed by atoms with Crippen molar-refractivity contribution in [3.8, 4) is 11.4 Å². The zero-order valence-electron chi connectivity index (χ0n) is 17.1. The first-order valence-electron chi connectivity index (χ1n) is 9.64. The van der Waals surface area contributed by atoms with E-state index in [0.717, 1.165) is 28.3 Å². The number of aromatic nitrogens is 3. The summed E-state index contributed by atoms with van der Waals surface area (Å²) in [4.78, 5) is 2.15. The fourth-order valence-electron chi connectivity index (χ4n) is 3.71. The van der Waals surface area contributed by atoms with E-state index in [1.54, 1.807) is 10.9 Å². The summed E-state index contributed by atoms with van der Waals surface area (Å²) in [6.07, 6.45) is 1.65. The van der Waals surface area contributed by atoms with E-state index in [2.05, 4.69) is 17.0 Å². The number of aryl methyl sites for hydroxylation is 1. The molecule has 0 radical (unpaired) electrons. The molecule has 1 atom stereocenters. The predicted octanol–water partition coefficient (Wildman–Crippen LogP) is 5.34. The van der Waals surface area contributed by atoms with Gasteiger partial charge in [0, 0.05) is 7.05 Å². The lowest BCUT2D eigenvalue weighted by atomic mass is 9.98. The first-order chi connectivity index (χ1) is 14.5. The second-order valence-corrected chi connectivity index (χ2v) is 7.68. The van der Waals surface area contributed by atoms with Gasteiger partial charge in [-0.05, 0) is 55.5 Å². The number of nitrogens with zero attached hydrogens (tertiary/aromatic N) is 4. The Morgan fingerprint density at radius 1 is 1.07 bits per heavy atom. The molecule has 0 aliphatic carbocycles. The maximum atomic E-state index is 13.5. The number of rotatable bonds is 6. The van der Waals surface area contributed by atoms with Gasteiger partial charge >= 0.3 is 0 Å². The van der Waals surface area contributed by atoms with Crippen molar-refractivity contribution < 1.29 is 8.81 Å². The Bertz CT molecular complexity index is 1190. The second kappa shape index (κ2) is 8.38. The topological polar surface area (TPSA) is 39.1 Å². The van der Waals surface area contributed by atoms with Crippen molar-refractivity contribution in [1.82, 2.24) is 19.2 Å². The van der Waals surface area contributed by atoms with E-state index < -0.39 is 0 Å². The molecule has 0 spiro atoms. The molecule has 0 fully saturated rings. The third kappa shape index (κ3) is 3.86. The van der Waals surface area contributed by atoms with Crippen LogP contribution in [0.15, 0.2) is 71.3 Å². The highest BCUT2D eigenvalue weighted by atomic mass is 32.1. The molecule has 30 heavy (non-hydrogen) atoms. The molecule has 0 saturated carbocycles. The van der Waals surface area contributed by atoms with Crippen LogP contribution in [-0.2, 0) is 13.7 Å². The van der Waals surface area contributed by atoms with Crippen LogP contribution in [0.3, 0.4) is 0 Å². The first-order valence-corrected chi connectivity index (χ1v) is 10.1. The van der Waals surface area contributed by atoms with Crippen LogP contribution in [0, 0.1) is 17.5 Å². The molecule has 4 rings (SSSR count). The summed E-state index contributed by atoms with van der Waals surface area (Å²) < 4.78 is 23.2. The molecular weight excluding hydrogens is 399 g/mol. The van der Waals surface area contributed by atoms with Crippen molar-refractivity contribution in [3.63, 3.8) is 0 Å². The highest BCUT2D eigenvalue weighted by Gasteiger charge is 2.21. The van der Waals surface area contributed by atoms with Gasteiger partial charge in [0.15, 0.2) is 10.6 Å². The zero-order chi connectivity index (χ0) is 21.3. The van der Waals surface area contributed by atoms with Crippen LogP contribution >= 0.6 is 12.2 Å². The predicted molar refractivity (Wildman–Crippen MR) is 117 cm³/mol. The Morgan fingerprint density at radius 2 is 1.73 bits per heavy atom. The molecule has 0 aliphatic heterocycles. The Morgan fingerprint density at radius 3 is 2.37 bits per heavy atom. The van der Waals surface area contributed by atoms with Gasteiger partial charge in [0.2, 0.25) is 0 Å². The Kier molecular flexibility index (Phi) is 5.65. The second-order valence-electron chi connectivity index (χ2n) is 7.32. The van der Waals surface area contributed by atoms with Crippen LogP contribution in [0.2, 0.25) is 0 Å². The highest BCUT2D eigenvalue weighted by Crippen LogP contribution is 2.29. The maximum absolute atomic E-state index is 13.5. The maximum Gasteiger partial charge on any atom is 0.199 e. The molecule has 0 unspecified atom stereocenters. The quantitative estimate of drug-likeness (QED) is 0.393. The molecule has 0 bridgehead atoms. The average molecular weight is 423 g/mol. The summed E-state index contributed by atoms with van der Waals surface area (Å²) in [5.74, 6) is 1.31. The Hall–Kier alpha value is -3.03. The van der Waals surface area contributed by atoms with E-state index in [1.807, 2.05) is 62.0 Å². The van der Waals surface area contributed by atoms with Crippen LogP contribution in [0.1, 0.15) is 22.9 Å². The van der Waals surface area contributed by atoms with Gasteiger partial charge in [-0.1, -0.05) is 42.5 Å². The number of hydrogen-bond donors (Lipinski definition) is 0. The minimum absolute atomic E-state index is 0.0742. The minimum Gasteiger partial charge on any atom is -0.469 e. The largest absolute Gasteiger partial charge is 0.469 e. The van der Waals surface area contributed by atoms with Crippen LogP contribution in [0.4, 0.5) is 4.39 Å². The summed E-state index contributed by atoms with van der Waals surface area (Å²) in [7, 11) is 3.92. The third-order valence-corrected chi connectivity index (χ3v) is 5.72. The van der Waals surface area contributed by atoms with Crippen LogP contribution < -0.4 is 0 Å². The lowest BCUT2D eigenvalue weighted by Crippen LogP contribution is -2.28. The summed E-state index contributed by atoms with van der Waals surface area (Å²) >= 11 is 5.64.